The molecule has 0 fully saturated rings. The van der Waals surface area contributed by atoms with Crippen molar-refractivity contribution in [2.45, 2.75) is 52.4 Å². The highest BCUT2D eigenvalue weighted by molar-refractivity contribution is 5.44. The van der Waals surface area contributed by atoms with Gasteiger partial charge in [0.1, 0.15) is 0 Å². The molecule has 4 N–H and O–H groups in total. The van der Waals surface area contributed by atoms with Crippen LogP contribution in [0.1, 0.15) is 69.5 Å². The molecule has 0 aliphatic rings. The van der Waals surface area contributed by atoms with Gasteiger partial charge in [0, 0.05) is 11.4 Å². The van der Waals surface area contributed by atoms with E-state index < -0.39 is 0 Å². The fourth-order valence-electron chi connectivity index (χ4n) is 5.54. The van der Waals surface area contributed by atoms with E-state index in [-0.39, 0.29) is 0 Å². The predicted octanol–water partition coefficient (Wildman–Crippen LogP) is 8.34. The van der Waals surface area contributed by atoms with E-state index in [1.54, 1.807) is 0 Å². The Hall–Kier alpha value is -4.30. The summed E-state index contributed by atoms with van der Waals surface area (Å²) < 4.78 is 0. The first-order chi connectivity index (χ1) is 19.5. The van der Waals surface area contributed by atoms with Crippen LogP contribution in [0.4, 0.5) is 11.4 Å². The molecule has 40 heavy (non-hydrogen) atoms. The number of hydrogen-bond donors (Lipinski definition) is 2. The van der Waals surface area contributed by atoms with Crippen LogP contribution in [0.5, 0.6) is 0 Å². The third-order valence-corrected chi connectivity index (χ3v) is 7.89. The zero-order chi connectivity index (χ0) is 27.9. The number of hydrogen-bond acceptors (Lipinski definition) is 2. The molecule has 0 heterocycles. The lowest BCUT2D eigenvalue weighted by Crippen LogP contribution is -2.01. The molecule has 2 heteroatoms. The summed E-state index contributed by atoms with van der Waals surface area (Å²) in [5.41, 5.74) is 27.0. The summed E-state index contributed by atoms with van der Waals surface area (Å²) in [5, 5.41) is 0. The van der Waals surface area contributed by atoms with Gasteiger partial charge in [-0.05, 0) is 118 Å². The molecule has 0 unspecified atom stereocenters. The van der Waals surface area contributed by atoms with Crippen LogP contribution in [0, 0.1) is 0 Å². The van der Waals surface area contributed by atoms with Gasteiger partial charge in [0.05, 0.1) is 0 Å². The van der Waals surface area contributed by atoms with Gasteiger partial charge < -0.3 is 11.5 Å². The molecule has 5 aromatic carbocycles. The molecule has 0 spiro atoms. The van der Waals surface area contributed by atoms with E-state index in [2.05, 4.69) is 98.8 Å². The van der Waals surface area contributed by atoms with Crippen LogP contribution in [0.25, 0.3) is 0 Å². The molecule has 0 aromatic heterocycles. The summed E-state index contributed by atoms with van der Waals surface area (Å²) in [6, 6.07) is 39.5. The van der Waals surface area contributed by atoms with Crippen LogP contribution in [0.3, 0.4) is 0 Å². The van der Waals surface area contributed by atoms with Gasteiger partial charge in [-0.3, -0.25) is 0 Å². The molecule has 0 atom stereocenters. The standard InChI is InChI=1S/C38H40N2/c1-3-33-24-31(22-29-13-19-38(40)20-14-29)9-15-36(33)26-32-10-16-35(34(4-2)25-32)23-30-7-5-27(6-8-30)21-28-11-17-37(39)18-12-28/h5-20,24-25H,3-4,21-23,26,39-40H2,1-2H3. The van der Waals surface area contributed by atoms with Crippen LogP contribution in [-0.4, -0.2) is 0 Å². The van der Waals surface area contributed by atoms with Gasteiger partial charge in [0.25, 0.3) is 0 Å². The lowest BCUT2D eigenvalue weighted by molar-refractivity contribution is 1.02. The van der Waals surface area contributed by atoms with E-state index >= 15 is 0 Å². The lowest BCUT2D eigenvalue weighted by Gasteiger charge is -2.14. The van der Waals surface area contributed by atoms with Crippen LogP contribution < -0.4 is 11.5 Å². The number of aryl methyl sites for hydroxylation is 2. The Morgan fingerprint density at radius 2 is 0.650 bits per heavy atom. The monoisotopic (exact) mass is 524 g/mol. The summed E-state index contributed by atoms with van der Waals surface area (Å²) in [6.07, 6.45) is 5.88. The maximum absolute atomic E-state index is 5.86. The van der Waals surface area contributed by atoms with Gasteiger partial charge in [-0.1, -0.05) is 98.8 Å². The molecule has 0 amide bonds. The second-order valence-corrected chi connectivity index (χ2v) is 10.9. The molecule has 5 rings (SSSR count). The minimum atomic E-state index is 0.811. The average Bonchev–Trinajstić information content (AvgIpc) is 2.98. The normalized spacial score (nSPS) is 11.1. The first-order valence-electron chi connectivity index (χ1n) is 14.5. The third-order valence-electron chi connectivity index (χ3n) is 7.89. The Kier molecular flexibility index (Phi) is 8.66. The Labute approximate surface area is 239 Å². The summed E-state index contributed by atoms with van der Waals surface area (Å²) in [7, 11) is 0. The van der Waals surface area contributed by atoms with Crippen LogP contribution in [-0.2, 0) is 38.5 Å². The van der Waals surface area contributed by atoms with Crippen molar-refractivity contribution in [1.29, 1.82) is 0 Å². The number of benzene rings is 5. The third kappa shape index (κ3) is 7.01. The number of anilines is 2. The zero-order valence-electron chi connectivity index (χ0n) is 23.8. The van der Waals surface area contributed by atoms with E-state index in [4.69, 9.17) is 11.5 Å². The van der Waals surface area contributed by atoms with Gasteiger partial charge >= 0.3 is 0 Å². The summed E-state index contributed by atoms with van der Waals surface area (Å²) >= 11 is 0. The molecule has 0 saturated carbocycles. The summed E-state index contributed by atoms with van der Waals surface area (Å²) in [5.74, 6) is 0. The Bertz CT molecular complexity index is 1550. The van der Waals surface area contributed by atoms with E-state index in [9.17, 15) is 0 Å². The van der Waals surface area contributed by atoms with Crippen molar-refractivity contribution in [2.24, 2.45) is 0 Å². The van der Waals surface area contributed by atoms with Crippen LogP contribution in [0.2, 0.25) is 0 Å². The average molecular weight is 525 g/mol. The van der Waals surface area contributed by atoms with E-state index in [1.165, 1.54) is 55.6 Å². The van der Waals surface area contributed by atoms with Crippen LogP contribution >= 0.6 is 0 Å². The van der Waals surface area contributed by atoms with E-state index in [1.807, 2.05) is 24.3 Å². The first-order valence-corrected chi connectivity index (χ1v) is 14.5. The SMILES string of the molecule is CCc1cc(Cc2ccc(N)cc2)ccc1Cc1ccc(Cc2ccc(Cc3ccc(N)cc3)cc2)c(CC)c1. The number of nitrogen functional groups attached to an aromatic ring is 2. The Morgan fingerprint density at radius 1 is 0.350 bits per heavy atom. The zero-order valence-corrected chi connectivity index (χ0v) is 23.8. The van der Waals surface area contributed by atoms with Gasteiger partial charge in [0.15, 0.2) is 0 Å². The Morgan fingerprint density at radius 3 is 1.07 bits per heavy atom. The highest BCUT2D eigenvalue weighted by Gasteiger charge is 2.09. The largest absolute Gasteiger partial charge is 0.399 e. The second-order valence-electron chi connectivity index (χ2n) is 10.9. The first kappa shape index (κ1) is 27.3. The van der Waals surface area contributed by atoms with Crippen molar-refractivity contribution in [3.8, 4) is 0 Å². The van der Waals surface area contributed by atoms with Crippen molar-refractivity contribution in [3.63, 3.8) is 0 Å². The molecule has 202 valence electrons. The quantitative estimate of drug-likeness (QED) is 0.180. The summed E-state index contributed by atoms with van der Waals surface area (Å²) in [6.45, 7) is 4.52. The summed E-state index contributed by atoms with van der Waals surface area (Å²) in [4.78, 5) is 0. The molecule has 0 radical (unpaired) electrons. The molecule has 0 bridgehead atoms. The van der Waals surface area contributed by atoms with Crippen LogP contribution in [0.15, 0.2) is 109 Å². The van der Waals surface area contributed by atoms with E-state index in [0.29, 0.717) is 0 Å². The maximum Gasteiger partial charge on any atom is 0.0314 e. The van der Waals surface area contributed by atoms with Crippen molar-refractivity contribution < 1.29 is 0 Å². The van der Waals surface area contributed by atoms with Crippen molar-refractivity contribution in [2.75, 3.05) is 11.5 Å². The topological polar surface area (TPSA) is 52.0 Å². The van der Waals surface area contributed by atoms with Gasteiger partial charge in [0.2, 0.25) is 0 Å². The van der Waals surface area contributed by atoms with Crippen molar-refractivity contribution >= 4 is 11.4 Å². The fourth-order valence-corrected chi connectivity index (χ4v) is 5.54. The lowest BCUT2D eigenvalue weighted by atomic mass is 9.91. The maximum atomic E-state index is 5.86. The molecule has 5 aromatic rings. The minimum absolute atomic E-state index is 0.811. The fraction of sp³-hybridized carbons (Fsp3) is 0.211. The molecule has 0 aliphatic carbocycles. The highest BCUT2D eigenvalue weighted by Crippen LogP contribution is 2.23. The number of nitrogens with two attached hydrogens (primary N) is 2. The molecule has 2 nitrogen and oxygen atoms in total. The van der Waals surface area contributed by atoms with E-state index in [0.717, 1.165) is 49.9 Å². The van der Waals surface area contributed by atoms with Crippen molar-refractivity contribution in [1.82, 2.24) is 0 Å². The second kappa shape index (κ2) is 12.7. The van der Waals surface area contributed by atoms with Crippen molar-refractivity contribution in [3.05, 3.63) is 165 Å². The predicted molar refractivity (Wildman–Crippen MR) is 171 cm³/mol. The molecular formula is C38H40N2. The molecule has 0 aliphatic heterocycles. The molecule has 0 saturated heterocycles. The molecular weight excluding hydrogens is 484 g/mol. The smallest absolute Gasteiger partial charge is 0.0314 e. The van der Waals surface area contributed by atoms with Gasteiger partial charge in [-0.2, -0.15) is 0 Å². The Balaban J connectivity index is 1.26. The number of rotatable bonds is 10. The minimum Gasteiger partial charge on any atom is -0.399 e. The highest BCUT2D eigenvalue weighted by atomic mass is 14.5. The van der Waals surface area contributed by atoms with Gasteiger partial charge in [-0.25, -0.2) is 0 Å². The van der Waals surface area contributed by atoms with Gasteiger partial charge in [-0.15, -0.1) is 0 Å².